The minimum atomic E-state index is -3.39. The second kappa shape index (κ2) is 7.44. The molecule has 15 heavy (non-hydrogen) atoms. The number of hydrogen-bond acceptors (Lipinski definition) is 4. The van der Waals surface area contributed by atoms with Gasteiger partial charge in [-0.1, -0.05) is 13.8 Å². The molecule has 0 saturated carbocycles. The fourth-order valence-electron chi connectivity index (χ4n) is 1.06. The summed E-state index contributed by atoms with van der Waals surface area (Å²) in [6.07, 6.45) is 0.423. The Hall–Kier alpha value is 0.160. The molecule has 1 atom stereocenters. The normalized spacial score (nSPS) is 14.5. The van der Waals surface area contributed by atoms with Crippen molar-refractivity contribution in [1.82, 2.24) is 0 Å². The van der Waals surface area contributed by atoms with Crippen molar-refractivity contribution in [3.05, 3.63) is 0 Å². The van der Waals surface area contributed by atoms with E-state index in [2.05, 4.69) is 0 Å². The van der Waals surface area contributed by atoms with Crippen molar-refractivity contribution in [2.24, 2.45) is 5.92 Å². The average molecular weight is 259 g/mol. The Bertz CT molecular complexity index is 251. The van der Waals surface area contributed by atoms with Gasteiger partial charge in [0.1, 0.15) is 0 Å². The monoisotopic (exact) mass is 258 g/mol. The van der Waals surface area contributed by atoms with Crippen LogP contribution in [0.2, 0.25) is 0 Å². The van der Waals surface area contributed by atoms with Gasteiger partial charge in [0, 0.05) is 24.4 Å². The fraction of sp³-hybridized carbons (Fsp3) is 1.00. The van der Waals surface area contributed by atoms with Crippen LogP contribution in [0.3, 0.4) is 0 Å². The molecule has 0 aromatic rings. The quantitative estimate of drug-likeness (QED) is 0.491. The van der Waals surface area contributed by atoms with Gasteiger partial charge in [-0.05, 0) is 12.3 Å². The van der Waals surface area contributed by atoms with E-state index in [1.807, 2.05) is 13.8 Å². The second-order valence-electron chi connectivity index (χ2n) is 3.71. The van der Waals surface area contributed by atoms with Gasteiger partial charge in [0.2, 0.25) is 9.05 Å². The highest BCUT2D eigenvalue weighted by Gasteiger charge is 2.13. The van der Waals surface area contributed by atoms with Gasteiger partial charge in [0.05, 0.1) is 18.5 Å². The van der Waals surface area contributed by atoms with Gasteiger partial charge < -0.3 is 9.47 Å². The van der Waals surface area contributed by atoms with Gasteiger partial charge in [-0.15, -0.1) is 0 Å². The Balaban J connectivity index is 3.72. The molecule has 0 fully saturated rings. The average Bonchev–Trinajstić information content (AvgIpc) is 2.08. The van der Waals surface area contributed by atoms with Crippen LogP contribution in [0.1, 0.15) is 20.3 Å². The molecule has 0 aliphatic heterocycles. The van der Waals surface area contributed by atoms with Crippen molar-refractivity contribution >= 4 is 19.7 Å². The van der Waals surface area contributed by atoms with Crippen molar-refractivity contribution in [1.29, 1.82) is 0 Å². The predicted octanol–water partition coefficient (Wildman–Crippen LogP) is 1.63. The number of rotatable bonds is 8. The molecule has 92 valence electrons. The molecular weight excluding hydrogens is 240 g/mol. The summed E-state index contributed by atoms with van der Waals surface area (Å²) in [5, 5.41) is 0. The lowest BCUT2D eigenvalue weighted by Crippen LogP contribution is -2.26. The van der Waals surface area contributed by atoms with Crippen LogP contribution in [-0.2, 0) is 18.5 Å². The van der Waals surface area contributed by atoms with Crippen molar-refractivity contribution in [2.75, 3.05) is 26.1 Å². The molecule has 0 rings (SSSR count). The maximum absolute atomic E-state index is 10.6. The van der Waals surface area contributed by atoms with E-state index in [-0.39, 0.29) is 11.9 Å². The molecule has 0 aliphatic carbocycles. The van der Waals surface area contributed by atoms with E-state index in [4.69, 9.17) is 20.2 Å². The van der Waals surface area contributed by atoms with E-state index >= 15 is 0 Å². The first-order chi connectivity index (χ1) is 6.87. The maximum Gasteiger partial charge on any atom is 0.232 e. The molecular formula is C9H19ClO4S. The topological polar surface area (TPSA) is 52.6 Å². The lowest BCUT2D eigenvalue weighted by molar-refractivity contribution is -0.0263. The summed E-state index contributed by atoms with van der Waals surface area (Å²) >= 11 is 0. The van der Waals surface area contributed by atoms with Crippen molar-refractivity contribution in [3.8, 4) is 0 Å². The number of ether oxygens (including phenoxy) is 2. The maximum atomic E-state index is 10.6. The molecule has 0 spiro atoms. The van der Waals surface area contributed by atoms with Crippen LogP contribution in [0.25, 0.3) is 0 Å². The molecule has 0 aliphatic rings. The van der Waals surface area contributed by atoms with Crippen LogP contribution in [0.15, 0.2) is 0 Å². The van der Waals surface area contributed by atoms with Crippen molar-refractivity contribution in [2.45, 2.75) is 26.4 Å². The summed E-state index contributed by atoms with van der Waals surface area (Å²) in [5.41, 5.74) is 0. The van der Waals surface area contributed by atoms with Gasteiger partial charge in [0.15, 0.2) is 0 Å². The Morgan fingerprint density at radius 1 is 1.33 bits per heavy atom. The standard InChI is InChI=1S/C9H19ClO4S/c1-8(2)9(7-13-3)14-5-4-6-15(10,11)12/h8-9H,4-7H2,1-3H3. The zero-order chi connectivity index (χ0) is 11.9. The summed E-state index contributed by atoms with van der Waals surface area (Å²) in [6, 6.07) is 0. The third-order valence-electron chi connectivity index (χ3n) is 1.94. The Kier molecular flexibility index (Phi) is 7.52. The largest absolute Gasteiger partial charge is 0.382 e. The Morgan fingerprint density at radius 3 is 2.33 bits per heavy atom. The summed E-state index contributed by atoms with van der Waals surface area (Å²) in [7, 11) is 3.28. The van der Waals surface area contributed by atoms with E-state index in [9.17, 15) is 8.42 Å². The predicted molar refractivity (Wildman–Crippen MR) is 60.7 cm³/mol. The second-order valence-corrected chi connectivity index (χ2v) is 6.60. The van der Waals surface area contributed by atoms with Crippen LogP contribution in [0, 0.1) is 5.92 Å². The fourth-order valence-corrected chi connectivity index (χ4v) is 1.85. The van der Waals surface area contributed by atoms with Crippen molar-refractivity contribution in [3.63, 3.8) is 0 Å². The van der Waals surface area contributed by atoms with E-state index in [0.717, 1.165) is 0 Å². The lowest BCUT2D eigenvalue weighted by Gasteiger charge is -2.20. The number of methoxy groups -OCH3 is 1. The minimum absolute atomic E-state index is 0.00743. The first kappa shape index (κ1) is 15.2. The summed E-state index contributed by atoms with van der Waals surface area (Å²) in [5.74, 6) is 0.296. The van der Waals surface area contributed by atoms with E-state index < -0.39 is 9.05 Å². The Labute approximate surface area is 96.3 Å². The smallest absolute Gasteiger partial charge is 0.232 e. The summed E-state index contributed by atoms with van der Waals surface area (Å²) < 4.78 is 31.7. The van der Waals surface area contributed by atoms with E-state index in [1.165, 1.54) is 0 Å². The van der Waals surface area contributed by atoms with Crippen LogP contribution < -0.4 is 0 Å². The third-order valence-corrected chi connectivity index (χ3v) is 3.18. The van der Waals surface area contributed by atoms with Crippen LogP contribution >= 0.6 is 10.7 Å². The molecule has 4 nitrogen and oxygen atoms in total. The Morgan fingerprint density at radius 2 is 1.93 bits per heavy atom. The van der Waals surface area contributed by atoms with Gasteiger partial charge >= 0.3 is 0 Å². The molecule has 0 N–H and O–H groups in total. The summed E-state index contributed by atoms with van der Waals surface area (Å²) in [6.45, 7) is 4.97. The minimum Gasteiger partial charge on any atom is -0.382 e. The SMILES string of the molecule is COCC(OCCCS(=O)(=O)Cl)C(C)C. The summed E-state index contributed by atoms with van der Waals surface area (Å²) in [4.78, 5) is 0. The number of halogens is 1. The third kappa shape index (κ3) is 9.11. The van der Waals surface area contributed by atoms with Gasteiger partial charge in [-0.25, -0.2) is 8.42 Å². The number of hydrogen-bond donors (Lipinski definition) is 0. The molecule has 0 saturated heterocycles. The van der Waals surface area contributed by atoms with Crippen LogP contribution in [0.5, 0.6) is 0 Å². The highest BCUT2D eigenvalue weighted by atomic mass is 35.7. The van der Waals surface area contributed by atoms with Gasteiger partial charge in [-0.3, -0.25) is 0 Å². The van der Waals surface area contributed by atoms with E-state index in [1.54, 1.807) is 7.11 Å². The molecule has 0 heterocycles. The molecule has 0 bridgehead atoms. The van der Waals surface area contributed by atoms with Gasteiger partial charge in [0.25, 0.3) is 0 Å². The molecule has 0 aromatic heterocycles. The van der Waals surface area contributed by atoms with Crippen LogP contribution in [-0.4, -0.2) is 40.6 Å². The zero-order valence-electron chi connectivity index (χ0n) is 9.40. The lowest BCUT2D eigenvalue weighted by atomic mass is 10.1. The molecule has 0 aromatic carbocycles. The van der Waals surface area contributed by atoms with E-state index in [0.29, 0.717) is 25.6 Å². The highest BCUT2D eigenvalue weighted by molar-refractivity contribution is 8.13. The molecule has 6 heteroatoms. The zero-order valence-corrected chi connectivity index (χ0v) is 11.0. The molecule has 0 amide bonds. The molecule has 0 radical (unpaired) electrons. The highest BCUT2D eigenvalue weighted by Crippen LogP contribution is 2.08. The van der Waals surface area contributed by atoms with Crippen LogP contribution in [0.4, 0.5) is 0 Å². The van der Waals surface area contributed by atoms with Crippen molar-refractivity contribution < 1.29 is 17.9 Å². The first-order valence-corrected chi connectivity index (χ1v) is 7.37. The van der Waals surface area contributed by atoms with Gasteiger partial charge in [-0.2, -0.15) is 0 Å². The molecule has 1 unspecified atom stereocenters. The first-order valence-electron chi connectivity index (χ1n) is 4.89.